The van der Waals surface area contributed by atoms with Crippen LogP contribution in [0.15, 0.2) is 115 Å². The molecule has 7 aromatic carbocycles. The van der Waals surface area contributed by atoms with Crippen molar-refractivity contribution in [2.45, 2.75) is 143 Å². The normalized spacial score (nSPS) is 12.9. The Bertz CT molecular complexity index is 3300. The van der Waals surface area contributed by atoms with Crippen molar-refractivity contribution in [3.05, 3.63) is 230 Å². The molecule has 0 atom stereocenters. The zero-order chi connectivity index (χ0) is 67.6. The summed E-state index contributed by atoms with van der Waals surface area (Å²) in [6.45, 7) is 46.9. The Morgan fingerprint density at radius 3 is 0.880 bits per heavy atom. The van der Waals surface area contributed by atoms with Gasteiger partial charge in [0.25, 0.3) is 0 Å². The predicted octanol–water partition coefficient (Wildman–Crippen LogP) is 21.0. The third-order valence-corrected chi connectivity index (χ3v) is 19.6. The van der Waals surface area contributed by atoms with Crippen LogP contribution in [0, 0.1) is 114 Å². The molecule has 0 aliphatic carbocycles. The molecule has 19 heteroatoms. The molecular weight excluding hydrogens is 1540 g/mol. The maximum Gasteiger partial charge on any atom is 0.0146 e. The molecule has 2 saturated heterocycles. The number of nitro benzene ring substituents is 1. The molecule has 0 N–H and O–H groups in total. The van der Waals surface area contributed by atoms with E-state index in [0.29, 0.717) is 11.3 Å². The number of non-ortho nitro benzene ring substituents is 1. The first-order valence-electron chi connectivity index (χ1n) is 29.9. The fourth-order valence-corrected chi connectivity index (χ4v) is 16.8. The summed E-state index contributed by atoms with van der Waals surface area (Å²) in [5.74, 6) is 2.26. The molecule has 2 fully saturated rings. The van der Waals surface area contributed by atoms with Crippen LogP contribution in [-0.4, -0.2) is 63.2 Å². The number of nitrogens with zero attached hydrogens (tertiary/aromatic N) is 5. The predicted molar refractivity (Wildman–Crippen MR) is 391 cm³/mol. The van der Waals surface area contributed by atoms with Gasteiger partial charge in [-0.15, -0.1) is 0 Å². The summed E-state index contributed by atoms with van der Waals surface area (Å²) in [5.41, 5.74) is 24.2. The van der Waals surface area contributed by atoms with Crippen molar-refractivity contribution in [3.8, 4) is 17.2 Å². The Morgan fingerprint density at radius 2 is 0.641 bits per heavy atom. The second kappa shape index (κ2) is 38.5. The van der Waals surface area contributed by atoms with E-state index in [1.165, 1.54) is 102 Å². The third-order valence-electron chi connectivity index (χ3n) is 14.1. The van der Waals surface area contributed by atoms with Crippen molar-refractivity contribution >= 4 is 100 Å². The van der Waals surface area contributed by atoms with Gasteiger partial charge in [0, 0.05) is 48.9 Å². The molecule has 2 aliphatic heterocycles. The van der Waals surface area contributed by atoms with Crippen LogP contribution in [0.1, 0.15) is 125 Å². The molecule has 9 rings (SSSR count). The SMILES string of the molecule is CC(C)Oc1ccc([N+](=O)[O-])cc1[CH]=[Ru]([Cl])[Cl].CC(C)Oc1ccccc1[CH]=[Ru]([Cl])[Cl].CC(C)Oc1ccccc1[CH]=[Ru]([Cl])[Cl].Cc1cc(C)c(N2[CH-]N(c3c(C)cc(C)cc3C)CC2)c(C)c1.Cc1cc(C)c(N2[CH-]N(c3c(C)cc(C)cc3C)CC2)c(C)c1.[CH3-]. The zero-order valence-corrected chi connectivity index (χ0v) is 66.3. The standard InChI is InChI=1S/2C21H27N2.C10H11NO3.2C10H12O.CH3.6ClH.3Ru/c2*1-14-9-16(3)20(17(4)10-14)22-7-8-23(13-22)21-18(5)11-15(2)12-19(21)6;1-7(2)14-10-5-4-9(11(12)13)6-8(10)3;2*1-8(2)11-10-7-5-4-6-9(10)3;;;;;;;;;;/h2*9-13H,7-8H2,1-6H3;3-7H,1-2H3;2*3-8H,1-2H3;1H3;6*1H;;;/q2*-1;;;;-1;;;;;;;3*+2/p-6. The summed E-state index contributed by atoms with van der Waals surface area (Å²) in [4.78, 5) is 19.8. The van der Waals surface area contributed by atoms with Gasteiger partial charge < -0.3 is 27.0 Å². The molecule has 0 aromatic heterocycles. The monoisotopic (exact) mass is 1630 g/mol. The molecule has 0 amide bonds. The maximum absolute atomic E-state index is 10.7. The zero-order valence-electron chi connectivity index (χ0n) is 56.5. The van der Waals surface area contributed by atoms with Crippen molar-refractivity contribution in [1.29, 1.82) is 0 Å². The summed E-state index contributed by atoms with van der Waals surface area (Å²) in [5, 5.41) is 10.7. The molecule has 0 unspecified atom stereocenters. The quantitative estimate of drug-likeness (QED) is 0.0457. The van der Waals surface area contributed by atoms with E-state index in [-0.39, 0.29) is 31.4 Å². The van der Waals surface area contributed by atoms with Gasteiger partial charge in [0.2, 0.25) is 0 Å². The second-order valence-corrected chi connectivity index (χ2v) is 40.6. The average Bonchev–Trinajstić information content (AvgIpc) is 1.62. The number of aryl methyl sites for hydroxylation is 12. The van der Waals surface area contributed by atoms with E-state index in [9.17, 15) is 10.1 Å². The molecule has 508 valence electrons. The number of ether oxygens (including phenoxy) is 3. The number of benzene rings is 7. The van der Waals surface area contributed by atoms with E-state index in [0.717, 1.165) is 48.8 Å². The second-order valence-electron chi connectivity index (χ2n) is 23.5. The molecule has 0 bridgehead atoms. The Kier molecular flexibility index (Phi) is 33.5. The summed E-state index contributed by atoms with van der Waals surface area (Å²) in [6.07, 6.45) is 0.307. The smallest absolute Gasteiger partial charge is 0.0146 e. The van der Waals surface area contributed by atoms with E-state index < -0.39 is 45.5 Å². The van der Waals surface area contributed by atoms with Crippen LogP contribution in [0.2, 0.25) is 0 Å². The van der Waals surface area contributed by atoms with E-state index in [2.05, 4.69) is 165 Å². The Morgan fingerprint density at radius 1 is 0.402 bits per heavy atom. The van der Waals surface area contributed by atoms with Gasteiger partial charge in [-0.05, 0) is 128 Å². The largest absolute Gasteiger partial charge is 0.502 e. The maximum atomic E-state index is 10.7. The molecule has 92 heavy (non-hydrogen) atoms. The minimum atomic E-state index is -2.05. The van der Waals surface area contributed by atoms with Gasteiger partial charge in [-0.25, -0.2) is 0 Å². The van der Waals surface area contributed by atoms with Gasteiger partial charge >= 0.3 is 308 Å². The number of para-hydroxylation sites is 2. The number of hydrogen-bond acceptors (Lipinski definition) is 9. The molecule has 2 aliphatic rings. The number of hydrogen-bond donors (Lipinski definition) is 0. The molecule has 0 spiro atoms. The number of halogens is 6. The van der Waals surface area contributed by atoms with Crippen LogP contribution < -0.4 is 33.8 Å². The summed E-state index contributed by atoms with van der Waals surface area (Å²) < 4.78 is 22.2. The van der Waals surface area contributed by atoms with Gasteiger partial charge in [0.15, 0.2) is 0 Å². The number of anilines is 4. The molecule has 2 heterocycles. The van der Waals surface area contributed by atoms with Crippen LogP contribution in [0.25, 0.3) is 0 Å². The molecule has 0 saturated carbocycles. The van der Waals surface area contributed by atoms with Crippen LogP contribution in [0.3, 0.4) is 0 Å². The minimum Gasteiger partial charge on any atom is -0.502 e. The van der Waals surface area contributed by atoms with Gasteiger partial charge in [0.05, 0.1) is 0 Å². The van der Waals surface area contributed by atoms with Gasteiger partial charge in [-0.3, -0.25) is 0 Å². The first-order valence-corrected chi connectivity index (χ1v) is 46.3. The van der Waals surface area contributed by atoms with E-state index >= 15 is 0 Å². The van der Waals surface area contributed by atoms with Gasteiger partial charge in [-0.2, -0.15) is 13.3 Å². The third kappa shape index (κ3) is 25.1. The molecule has 7 aromatic rings. The molecule has 10 nitrogen and oxygen atoms in total. The van der Waals surface area contributed by atoms with Gasteiger partial charge in [0.1, 0.15) is 0 Å². The van der Waals surface area contributed by atoms with Crippen molar-refractivity contribution < 1.29 is 59.7 Å². The fraction of sp³-hybridized carbons (Fsp3) is 0.342. The first kappa shape index (κ1) is 80.2. The van der Waals surface area contributed by atoms with Gasteiger partial charge in [-0.1, -0.05) is 70.8 Å². The summed E-state index contributed by atoms with van der Waals surface area (Å²) in [6, 6.07) is 38.2. The molecular formula is C73H92Cl6N5O5Ru3-3. The topological polar surface area (TPSA) is 83.8 Å². The van der Waals surface area contributed by atoms with Crippen LogP contribution in [-0.2, 0) is 40.6 Å². The van der Waals surface area contributed by atoms with Crippen molar-refractivity contribution in [1.82, 2.24) is 0 Å². The van der Waals surface area contributed by atoms with Crippen molar-refractivity contribution in [3.63, 3.8) is 0 Å². The van der Waals surface area contributed by atoms with E-state index in [4.69, 9.17) is 72.4 Å². The van der Waals surface area contributed by atoms with E-state index in [1.807, 2.05) is 99.3 Å². The van der Waals surface area contributed by atoms with Crippen molar-refractivity contribution in [2.75, 3.05) is 45.8 Å². The summed E-state index contributed by atoms with van der Waals surface area (Å²) in [7, 11) is 34.8. The van der Waals surface area contributed by atoms with Crippen LogP contribution >= 0.6 is 58.1 Å². The van der Waals surface area contributed by atoms with Crippen LogP contribution in [0.4, 0.5) is 28.4 Å². The van der Waals surface area contributed by atoms with Crippen molar-refractivity contribution in [2.24, 2.45) is 0 Å². The van der Waals surface area contributed by atoms with Crippen LogP contribution in [0.5, 0.6) is 17.2 Å². The number of nitro groups is 1. The molecule has 0 radical (unpaired) electrons. The summed E-state index contributed by atoms with van der Waals surface area (Å²) >= 11 is -5.59. The Balaban J connectivity index is 0.000000249. The minimum absolute atomic E-state index is 0. The Hall–Kier alpha value is -4.24. The number of rotatable bonds is 14. The van der Waals surface area contributed by atoms with E-state index in [1.54, 1.807) is 10.7 Å². The Labute approximate surface area is 590 Å². The fourth-order valence-electron chi connectivity index (χ4n) is 11.4. The first-order chi connectivity index (χ1) is 42.8. The average molecular weight is 1640 g/mol.